The maximum absolute atomic E-state index is 4.55. The predicted molar refractivity (Wildman–Crippen MR) is 82.1 cm³/mol. The summed E-state index contributed by atoms with van der Waals surface area (Å²) >= 11 is 5.24. The van der Waals surface area contributed by atoms with Crippen LogP contribution in [0.5, 0.6) is 0 Å². The number of thioether (sulfide) groups is 1. The van der Waals surface area contributed by atoms with Gasteiger partial charge in [-0.25, -0.2) is 4.98 Å². The van der Waals surface area contributed by atoms with Gasteiger partial charge in [0.05, 0.1) is 5.69 Å². The Hall–Kier alpha value is -1.00. The number of halogens is 1. The van der Waals surface area contributed by atoms with Crippen LogP contribution in [0.2, 0.25) is 0 Å². The SMILES string of the molecule is CCNc1cccc(CSc2ccc(Br)cc2)n1. The second-order valence-corrected chi connectivity index (χ2v) is 5.75. The van der Waals surface area contributed by atoms with Crippen molar-refractivity contribution in [3.63, 3.8) is 0 Å². The number of hydrogen-bond donors (Lipinski definition) is 1. The van der Waals surface area contributed by atoms with E-state index in [2.05, 4.69) is 63.5 Å². The molecule has 0 amide bonds. The molecule has 0 saturated heterocycles. The lowest BCUT2D eigenvalue weighted by atomic mass is 10.4. The summed E-state index contributed by atoms with van der Waals surface area (Å²) in [5.41, 5.74) is 1.10. The molecule has 2 nitrogen and oxygen atoms in total. The van der Waals surface area contributed by atoms with E-state index >= 15 is 0 Å². The van der Waals surface area contributed by atoms with Crippen molar-refractivity contribution >= 4 is 33.5 Å². The Kier molecular flexibility index (Phi) is 5.08. The standard InChI is InChI=1S/C14H15BrN2S/c1-2-16-14-5-3-4-12(17-14)10-18-13-8-6-11(15)7-9-13/h3-9H,2,10H2,1H3,(H,16,17). The highest BCUT2D eigenvalue weighted by Crippen LogP contribution is 2.24. The normalized spacial score (nSPS) is 10.3. The number of pyridine rings is 1. The van der Waals surface area contributed by atoms with Gasteiger partial charge in [0.25, 0.3) is 0 Å². The van der Waals surface area contributed by atoms with E-state index in [1.165, 1.54) is 4.90 Å². The molecule has 18 heavy (non-hydrogen) atoms. The average molecular weight is 323 g/mol. The molecule has 0 aliphatic carbocycles. The van der Waals surface area contributed by atoms with Gasteiger partial charge in [0.1, 0.15) is 5.82 Å². The molecule has 0 aliphatic rings. The van der Waals surface area contributed by atoms with Gasteiger partial charge in [0.15, 0.2) is 0 Å². The summed E-state index contributed by atoms with van der Waals surface area (Å²) in [5, 5.41) is 3.23. The van der Waals surface area contributed by atoms with Gasteiger partial charge < -0.3 is 5.32 Å². The van der Waals surface area contributed by atoms with E-state index in [-0.39, 0.29) is 0 Å². The van der Waals surface area contributed by atoms with E-state index in [1.54, 1.807) is 11.8 Å². The van der Waals surface area contributed by atoms with Crippen LogP contribution < -0.4 is 5.32 Å². The third kappa shape index (κ3) is 4.03. The summed E-state index contributed by atoms with van der Waals surface area (Å²) in [6, 6.07) is 14.5. The molecule has 0 radical (unpaired) electrons. The molecule has 0 bridgehead atoms. The van der Waals surface area contributed by atoms with Crippen LogP contribution in [-0.4, -0.2) is 11.5 Å². The van der Waals surface area contributed by atoms with Gasteiger partial charge in [0.2, 0.25) is 0 Å². The van der Waals surface area contributed by atoms with Gasteiger partial charge in [0, 0.05) is 21.7 Å². The lowest BCUT2D eigenvalue weighted by molar-refractivity contribution is 1.11. The highest BCUT2D eigenvalue weighted by Gasteiger charge is 1.99. The van der Waals surface area contributed by atoms with Gasteiger partial charge >= 0.3 is 0 Å². The van der Waals surface area contributed by atoms with Crippen molar-refractivity contribution in [2.75, 3.05) is 11.9 Å². The lowest BCUT2D eigenvalue weighted by Crippen LogP contribution is -2.00. The van der Waals surface area contributed by atoms with Crippen molar-refractivity contribution in [1.29, 1.82) is 0 Å². The minimum absolute atomic E-state index is 0.890. The van der Waals surface area contributed by atoms with Crippen molar-refractivity contribution < 1.29 is 0 Å². The molecule has 4 heteroatoms. The molecule has 0 atom stereocenters. The molecular weight excluding hydrogens is 308 g/mol. The number of nitrogens with one attached hydrogen (secondary N) is 1. The fraction of sp³-hybridized carbons (Fsp3) is 0.214. The fourth-order valence-corrected chi connectivity index (χ4v) is 2.60. The van der Waals surface area contributed by atoms with Crippen molar-refractivity contribution in [3.05, 3.63) is 52.6 Å². The average Bonchev–Trinajstić information content (AvgIpc) is 2.39. The van der Waals surface area contributed by atoms with Gasteiger partial charge in [-0.15, -0.1) is 11.8 Å². The Morgan fingerprint density at radius 3 is 2.67 bits per heavy atom. The highest BCUT2D eigenvalue weighted by atomic mass is 79.9. The van der Waals surface area contributed by atoms with Crippen LogP contribution in [-0.2, 0) is 5.75 Å². The first-order valence-electron chi connectivity index (χ1n) is 5.86. The number of rotatable bonds is 5. The van der Waals surface area contributed by atoms with Crippen LogP contribution >= 0.6 is 27.7 Å². The van der Waals surface area contributed by atoms with Crippen LogP contribution in [0, 0.1) is 0 Å². The molecule has 0 fully saturated rings. The maximum Gasteiger partial charge on any atom is 0.126 e. The lowest BCUT2D eigenvalue weighted by Gasteiger charge is -2.05. The summed E-state index contributed by atoms with van der Waals surface area (Å²) in [6.45, 7) is 2.97. The number of anilines is 1. The Morgan fingerprint density at radius 2 is 1.94 bits per heavy atom. The summed E-state index contributed by atoms with van der Waals surface area (Å²) in [7, 11) is 0. The van der Waals surface area contributed by atoms with Crippen molar-refractivity contribution in [3.8, 4) is 0 Å². The molecule has 2 rings (SSSR count). The van der Waals surface area contributed by atoms with E-state index in [4.69, 9.17) is 0 Å². The third-order valence-electron chi connectivity index (χ3n) is 2.37. The van der Waals surface area contributed by atoms with Crippen LogP contribution in [0.1, 0.15) is 12.6 Å². The maximum atomic E-state index is 4.55. The quantitative estimate of drug-likeness (QED) is 0.816. The molecule has 1 heterocycles. The van der Waals surface area contributed by atoms with E-state index in [0.29, 0.717) is 0 Å². The number of hydrogen-bond acceptors (Lipinski definition) is 3. The van der Waals surface area contributed by atoms with Gasteiger partial charge in [-0.3, -0.25) is 0 Å². The zero-order valence-electron chi connectivity index (χ0n) is 10.2. The highest BCUT2D eigenvalue weighted by molar-refractivity contribution is 9.10. The largest absolute Gasteiger partial charge is 0.370 e. The zero-order valence-corrected chi connectivity index (χ0v) is 12.6. The van der Waals surface area contributed by atoms with Gasteiger partial charge in [-0.2, -0.15) is 0 Å². The van der Waals surface area contributed by atoms with Crippen molar-refractivity contribution in [1.82, 2.24) is 4.98 Å². The molecule has 0 spiro atoms. The topological polar surface area (TPSA) is 24.9 Å². The molecule has 0 unspecified atom stereocenters. The van der Waals surface area contributed by atoms with E-state index in [1.807, 2.05) is 12.1 Å². The number of benzene rings is 1. The molecule has 0 aliphatic heterocycles. The van der Waals surface area contributed by atoms with Crippen LogP contribution in [0.15, 0.2) is 51.8 Å². The molecule has 1 N–H and O–H groups in total. The first kappa shape index (κ1) is 13.4. The minimum Gasteiger partial charge on any atom is -0.370 e. The monoisotopic (exact) mass is 322 g/mol. The van der Waals surface area contributed by atoms with Crippen molar-refractivity contribution in [2.45, 2.75) is 17.6 Å². The summed E-state index contributed by atoms with van der Waals surface area (Å²) < 4.78 is 1.11. The smallest absolute Gasteiger partial charge is 0.126 e. The number of aromatic nitrogens is 1. The van der Waals surface area contributed by atoms with Gasteiger partial charge in [-0.05, 0) is 43.3 Å². The molecule has 0 saturated carbocycles. The minimum atomic E-state index is 0.890. The first-order valence-corrected chi connectivity index (χ1v) is 7.64. The van der Waals surface area contributed by atoms with Gasteiger partial charge in [-0.1, -0.05) is 22.0 Å². The Bertz CT molecular complexity index is 499. The fourth-order valence-electron chi connectivity index (χ4n) is 1.53. The summed E-state index contributed by atoms with van der Waals surface area (Å²) in [6.07, 6.45) is 0. The molecule has 1 aromatic heterocycles. The van der Waals surface area contributed by atoms with Crippen LogP contribution in [0.4, 0.5) is 5.82 Å². The second kappa shape index (κ2) is 6.81. The number of nitrogens with zero attached hydrogens (tertiary/aromatic N) is 1. The Balaban J connectivity index is 1.97. The Morgan fingerprint density at radius 1 is 1.17 bits per heavy atom. The summed E-state index contributed by atoms with van der Waals surface area (Å²) in [5.74, 6) is 1.84. The first-order chi connectivity index (χ1) is 8.78. The predicted octanol–water partition coefficient (Wildman–Crippen LogP) is 4.57. The molecule has 1 aromatic carbocycles. The summed E-state index contributed by atoms with van der Waals surface area (Å²) in [4.78, 5) is 5.81. The van der Waals surface area contributed by atoms with Crippen LogP contribution in [0.3, 0.4) is 0 Å². The van der Waals surface area contributed by atoms with E-state index < -0.39 is 0 Å². The second-order valence-electron chi connectivity index (χ2n) is 3.79. The van der Waals surface area contributed by atoms with Crippen LogP contribution in [0.25, 0.3) is 0 Å². The molecule has 94 valence electrons. The third-order valence-corrected chi connectivity index (χ3v) is 3.94. The van der Waals surface area contributed by atoms with E-state index in [9.17, 15) is 0 Å². The van der Waals surface area contributed by atoms with E-state index in [0.717, 1.165) is 28.3 Å². The Labute approximate surface area is 120 Å². The zero-order chi connectivity index (χ0) is 12.8. The van der Waals surface area contributed by atoms with Crippen molar-refractivity contribution in [2.24, 2.45) is 0 Å². The molecule has 2 aromatic rings. The molecular formula is C14H15BrN2S.